The second-order valence-electron chi connectivity index (χ2n) is 5.02. The SMILES string of the molecule is CCCC(=O)OC(C)CC.CCc1cc2ccc1oc2=O. The molecule has 3 rings (SSSR count). The largest absolute Gasteiger partial charge is 0.463 e. The van der Waals surface area contributed by atoms with Crippen LogP contribution in [-0.2, 0) is 16.0 Å². The standard InChI is InChI=1S/C9H8O2.C8H16O2/c1-2-6-5-7-3-4-8(6)11-9(7)10;1-4-6-8(9)10-7(3)5-2/h3-5H,2H2,1H3;7H,4-6H2,1-3H3. The summed E-state index contributed by atoms with van der Waals surface area (Å²) in [6, 6.07) is 5.52. The van der Waals surface area contributed by atoms with Gasteiger partial charge in [-0.25, -0.2) is 4.79 Å². The molecular formula is C17H24O4. The highest BCUT2D eigenvalue weighted by Gasteiger charge is 2.05. The van der Waals surface area contributed by atoms with Crippen molar-refractivity contribution in [3.05, 3.63) is 34.2 Å². The lowest BCUT2D eigenvalue weighted by Gasteiger charge is -2.09. The van der Waals surface area contributed by atoms with Crippen molar-refractivity contribution in [1.29, 1.82) is 0 Å². The molecule has 0 spiro atoms. The van der Waals surface area contributed by atoms with Crippen LogP contribution in [0.4, 0.5) is 0 Å². The third-order valence-electron chi connectivity index (χ3n) is 3.24. The molecule has 3 aromatic rings. The lowest BCUT2D eigenvalue weighted by molar-refractivity contribution is -0.148. The fourth-order valence-electron chi connectivity index (χ4n) is 1.81. The van der Waals surface area contributed by atoms with Crippen LogP contribution < -0.4 is 5.63 Å². The number of benzene rings is 1. The maximum Gasteiger partial charge on any atom is 0.343 e. The van der Waals surface area contributed by atoms with E-state index in [1.807, 2.05) is 39.8 Å². The third kappa shape index (κ3) is 5.21. The van der Waals surface area contributed by atoms with Gasteiger partial charge in [0.15, 0.2) is 0 Å². The van der Waals surface area contributed by atoms with Gasteiger partial charge in [0.25, 0.3) is 0 Å². The molecule has 0 fully saturated rings. The number of carbonyl (C=O) groups excluding carboxylic acids is 1. The highest BCUT2D eigenvalue weighted by atomic mass is 16.5. The molecule has 4 heteroatoms. The molecule has 0 amide bonds. The van der Waals surface area contributed by atoms with Gasteiger partial charge in [-0.15, -0.1) is 0 Å². The summed E-state index contributed by atoms with van der Waals surface area (Å²) in [5, 5.41) is 0.664. The Balaban J connectivity index is 0.000000212. The molecule has 0 saturated carbocycles. The predicted molar refractivity (Wildman–Crippen MR) is 83.8 cm³/mol. The fourth-order valence-corrected chi connectivity index (χ4v) is 1.81. The van der Waals surface area contributed by atoms with E-state index >= 15 is 0 Å². The van der Waals surface area contributed by atoms with Crippen molar-refractivity contribution in [3.8, 4) is 0 Å². The fraction of sp³-hybridized carbons (Fsp3) is 0.529. The summed E-state index contributed by atoms with van der Waals surface area (Å²) in [6.07, 6.45) is 3.31. The molecule has 0 aliphatic carbocycles. The van der Waals surface area contributed by atoms with E-state index in [4.69, 9.17) is 9.15 Å². The van der Waals surface area contributed by atoms with Crippen LogP contribution in [0, 0.1) is 0 Å². The molecule has 4 nitrogen and oxygen atoms in total. The van der Waals surface area contributed by atoms with Crippen LogP contribution in [0.25, 0.3) is 11.0 Å². The van der Waals surface area contributed by atoms with E-state index in [1.165, 1.54) is 0 Å². The summed E-state index contributed by atoms with van der Waals surface area (Å²) in [5.74, 6) is -0.0724. The number of aryl methyl sites for hydroxylation is 1. The summed E-state index contributed by atoms with van der Waals surface area (Å²) < 4.78 is 9.98. The van der Waals surface area contributed by atoms with Crippen LogP contribution in [0.5, 0.6) is 0 Å². The monoisotopic (exact) mass is 292 g/mol. The summed E-state index contributed by atoms with van der Waals surface area (Å²) >= 11 is 0. The van der Waals surface area contributed by atoms with Gasteiger partial charge in [-0.1, -0.05) is 20.8 Å². The number of carbonyl (C=O) groups is 1. The van der Waals surface area contributed by atoms with E-state index < -0.39 is 0 Å². The molecule has 21 heavy (non-hydrogen) atoms. The van der Waals surface area contributed by atoms with Crippen molar-refractivity contribution in [3.63, 3.8) is 0 Å². The Hall–Kier alpha value is -1.84. The Bertz CT molecular complexity index is 600. The summed E-state index contributed by atoms with van der Waals surface area (Å²) in [7, 11) is 0. The number of hydrogen-bond acceptors (Lipinski definition) is 4. The van der Waals surface area contributed by atoms with E-state index in [2.05, 4.69) is 0 Å². The molecule has 2 bridgehead atoms. The van der Waals surface area contributed by atoms with Gasteiger partial charge in [-0.3, -0.25) is 4.79 Å². The quantitative estimate of drug-likeness (QED) is 0.784. The topological polar surface area (TPSA) is 56.5 Å². The van der Waals surface area contributed by atoms with E-state index in [0.717, 1.165) is 24.8 Å². The highest BCUT2D eigenvalue weighted by molar-refractivity contribution is 5.69. The molecule has 0 aliphatic heterocycles. The van der Waals surface area contributed by atoms with Crippen LogP contribution in [0.3, 0.4) is 0 Å². The van der Waals surface area contributed by atoms with Crippen LogP contribution in [0.1, 0.15) is 52.5 Å². The van der Waals surface area contributed by atoms with Gasteiger partial charge in [0.1, 0.15) is 5.58 Å². The van der Waals surface area contributed by atoms with Crippen LogP contribution in [0.15, 0.2) is 27.4 Å². The van der Waals surface area contributed by atoms with E-state index in [9.17, 15) is 9.59 Å². The van der Waals surface area contributed by atoms with Gasteiger partial charge in [0.2, 0.25) is 0 Å². The number of esters is 1. The van der Waals surface area contributed by atoms with Gasteiger partial charge >= 0.3 is 11.6 Å². The van der Waals surface area contributed by atoms with Gasteiger partial charge in [-0.05, 0) is 49.9 Å². The molecule has 0 saturated heterocycles. The average molecular weight is 292 g/mol. The normalized spacial score (nSPS) is 11.8. The molecular weight excluding hydrogens is 268 g/mol. The molecule has 0 aliphatic rings. The molecule has 1 unspecified atom stereocenters. The molecule has 2 heterocycles. The maximum absolute atomic E-state index is 10.9. The Morgan fingerprint density at radius 2 is 2.00 bits per heavy atom. The number of rotatable bonds is 5. The summed E-state index contributed by atoms with van der Waals surface area (Å²) in [4.78, 5) is 21.7. The lowest BCUT2D eigenvalue weighted by atomic mass is 10.1. The Labute approximate surface area is 125 Å². The Kier molecular flexibility index (Phi) is 6.92. The van der Waals surface area contributed by atoms with Gasteiger partial charge in [0.05, 0.1) is 11.5 Å². The minimum Gasteiger partial charge on any atom is -0.463 e. The van der Waals surface area contributed by atoms with Crippen molar-refractivity contribution >= 4 is 16.9 Å². The molecule has 0 N–H and O–H groups in total. The summed E-state index contributed by atoms with van der Waals surface area (Å²) in [5.41, 5.74) is 1.61. The zero-order valence-electron chi connectivity index (χ0n) is 13.3. The highest BCUT2D eigenvalue weighted by Crippen LogP contribution is 2.14. The molecule has 116 valence electrons. The van der Waals surface area contributed by atoms with Crippen molar-refractivity contribution in [2.24, 2.45) is 0 Å². The van der Waals surface area contributed by atoms with Gasteiger partial charge in [0, 0.05) is 6.42 Å². The van der Waals surface area contributed by atoms with Crippen molar-refractivity contribution in [2.45, 2.75) is 59.5 Å². The first-order valence-corrected chi connectivity index (χ1v) is 7.56. The van der Waals surface area contributed by atoms with Crippen LogP contribution >= 0.6 is 0 Å². The minimum atomic E-state index is -0.222. The zero-order valence-corrected chi connectivity index (χ0v) is 13.3. The maximum atomic E-state index is 10.9. The van der Waals surface area contributed by atoms with E-state index in [0.29, 0.717) is 17.4 Å². The first kappa shape index (κ1) is 17.2. The van der Waals surface area contributed by atoms with Crippen LogP contribution in [0.2, 0.25) is 0 Å². The predicted octanol–water partition coefficient (Wildman–Crippen LogP) is 3.92. The van der Waals surface area contributed by atoms with Crippen LogP contribution in [-0.4, -0.2) is 12.1 Å². The van der Waals surface area contributed by atoms with Gasteiger partial charge < -0.3 is 9.15 Å². The lowest BCUT2D eigenvalue weighted by Crippen LogP contribution is -2.12. The van der Waals surface area contributed by atoms with Crippen molar-refractivity contribution < 1.29 is 13.9 Å². The Morgan fingerprint density at radius 1 is 1.29 bits per heavy atom. The molecule has 2 aromatic heterocycles. The first-order chi connectivity index (χ1) is 10.0. The first-order valence-electron chi connectivity index (χ1n) is 7.56. The van der Waals surface area contributed by atoms with Crippen molar-refractivity contribution in [1.82, 2.24) is 0 Å². The summed E-state index contributed by atoms with van der Waals surface area (Å²) in [6.45, 7) is 7.93. The van der Waals surface area contributed by atoms with E-state index in [1.54, 1.807) is 6.07 Å². The molecule has 1 atom stereocenters. The number of ether oxygens (including phenoxy) is 1. The Morgan fingerprint density at radius 3 is 2.43 bits per heavy atom. The second-order valence-corrected chi connectivity index (χ2v) is 5.02. The van der Waals surface area contributed by atoms with Gasteiger partial charge in [-0.2, -0.15) is 0 Å². The number of fused-ring (bicyclic) bond motifs is 3. The smallest absolute Gasteiger partial charge is 0.343 e. The second kappa shape index (κ2) is 8.45. The number of hydrogen-bond donors (Lipinski definition) is 0. The average Bonchev–Trinajstić information content (AvgIpc) is 2.48. The van der Waals surface area contributed by atoms with Crippen molar-refractivity contribution in [2.75, 3.05) is 0 Å². The minimum absolute atomic E-state index is 0.0724. The van der Waals surface area contributed by atoms with E-state index in [-0.39, 0.29) is 17.7 Å². The third-order valence-corrected chi connectivity index (χ3v) is 3.24. The zero-order chi connectivity index (χ0) is 15.8. The molecule has 0 radical (unpaired) electrons. The molecule has 1 aromatic carbocycles.